The van der Waals surface area contributed by atoms with Crippen molar-refractivity contribution in [1.29, 1.82) is 0 Å². The van der Waals surface area contributed by atoms with Gasteiger partial charge in [-0.1, -0.05) is 6.92 Å². The highest BCUT2D eigenvalue weighted by Gasteiger charge is 2.11. The van der Waals surface area contributed by atoms with Crippen LogP contribution in [0.3, 0.4) is 0 Å². The number of anilines is 1. The third kappa shape index (κ3) is 3.18. The van der Waals surface area contributed by atoms with Crippen molar-refractivity contribution in [3.63, 3.8) is 0 Å². The summed E-state index contributed by atoms with van der Waals surface area (Å²) < 4.78 is 6.57. The molecule has 2 heterocycles. The number of aryl methyl sites for hydroxylation is 1. The number of nitrogens with zero attached hydrogens (tertiary/aromatic N) is 3. The minimum Gasteiger partial charge on any atom is -0.437 e. The summed E-state index contributed by atoms with van der Waals surface area (Å²) >= 11 is 3.34. The number of hydrogen-bond donors (Lipinski definition) is 2. The van der Waals surface area contributed by atoms with Gasteiger partial charge in [0.2, 0.25) is 5.88 Å². The molecule has 6 nitrogen and oxygen atoms in total. The molecule has 0 unspecified atom stereocenters. The zero-order valence-corrected chi connectivity index (χ0v) is 12.2. The zero-order chi connectivity index (χ0) is 13.8. The summed E-state index contributed by atoms with van der Waals surface area (Å²) in [7, 11) is 0. The van der Waals surface area contributed by atoms with Crippen LogP contribution in [0.4, 0.5) is 5.82 Å². The first-order valence-corrected chi connectivity index (χ1v) is 6.56. The Bertz CT molecular complexity index is 590. The van der Waals surface area contributed by atoms with Crippen molar-refractivity contribution in [2.75, 3.05) is 5.43 Å². The molecule has 7 heteroatoms. The van der Waals surface area contributed by atoms with Crippen LogP contribution in [0.1, 0.15) is 18.3 Å². The van der Waals surface area contributed by atoms with Crippen LogP contribution >= 0.6 is 15.9 Å². The maximum atomic E-state index is 5.74. The van der Waals surface area contributed by atoms with E-state index in [4.69, 9.17) is 10.6 Å². The number of nitrogens with one attached hydrogen (secondary N) is 1. The average molecular weight is 324 g/mol. The van der Waals surface area contributed by atoms with Gasteiger partial charge in [-0.3, -0.25) is 4.98 Å². The van der Waals surface area contributed by atoms with Crippen LogP contribution in [0, 0.1) is 6.92 Å². The van der Waals surface area contributed by atoms with Gasteiger partial charge in [-0.05, 0) is 28.9 Å². The Kier molecular flexibility index (Phi) is 4.28. The number of rotatable bonds is 4. The highest BCUT2D eigenvalue weighted by Crippen LogP contribution is 2.27. The van der Waals surface area contributed by atoms with Gasteiger partial charge in [-0.15, -0.1) is 0 Å². The second kappa shape index (κ2) is 5.94. The lowest BCUT2D eigenvalue weighted by molar-refractivity contribution is 0.452. The molecule has 0 amide bonds. The van der Waals surface area contributed by atoms with Crippen molar-refractivity contribution in [1.82, 2.24) is 15.0 Å². The van der Waals surface area contributed by atoms with Gasteiger partial charge in [0.15, 0.2) is 0 Å². The van der Waals surface area contributed by atoms with Crippen molar-refractivity contribution < 1.29 is 4.74 Å². The summed E-state index contributed by atoms with van der Waals surface area (Å²) in [6.07, 6.45) is 4.00. The Morgan fingerprint density at radius 2 is 2.16 bits per heavy atom. The zero-order valence-electron chi connectivity index (χ0n) is 10.6. The third-order valence-electron chi connectivity index (χ3n) is 2.49. The molecule has 2 rings (SSSR count). The maximum absolute atomic E-state index is 5.74. The van der Waals surface area contributed by atoms with Gasteiger partial charge in [0, 0.05) is 17.1 Å². The second-order valence-corrected chi connectivity index (χ2v) is 4.77. The van der Waals surface area contributed by atoms with Gasteiger partial charge in [0.25, 0.3) is 0 Å². The molecule has 2 aromatic heterocycles. The number of nitrogen functional groups attached to an aromatic ring is 1. The van der Waals surface area contributed by atoms with E-state index in [1.54, 1.807) is 12.4 Å². The van der Waals surface area contributed by atoms with Crippen LogP contribution in [0.5, 0.6) is 11.6 Å². The van der Waals surface area contributed by atoms with Crippen molar-refractivity contribution in [3.05, 3.63) is 34.3 Å². The van der Waals surface area contributed by atoms with Crippen LogP contribution < -0.4 is 16.0 Å². The van der Waals surface area contributed by atoms with Crippen LogP contribution in [0.25, 0.3) is 0 Å². The van der Waals surface area contributed by atoms with Crippen LogP contribution in [-0.2, 0) is 6.42 Å². The molecule has 0 spiro atoms. The number of aromatic nitrogens is 3. The molecular formula is C12H14BrN5O. The van der Waals surface area contributed by atoms with E-state index in [-0.39, 0.29) is 0 Å². The van der Waals surface area contributed by atoms with Crippen LogP contribution in [0.2, 0.25) is 0 Å². The predicted molar refractivity (Wildman–Crippen MR) is 76.0 cm³/mol. The van der Waals surface area contributed by atoms with Gasteiger partial charge in [0.1, 0.15) is 17.4 Å². The number of halogens is 1. The van der Waals surface area contributed by atoms with E-state index in [0.717, 1.165) is 10.0 Å². The molecule has 19 heavy (non-hydrogen) atoms. The molecule has 0 aliphatic carbocycles. The number of nitrogens with two attached hydrogens (primary N) is 1. The number of ether oxygens (including phenoxy) is 1. The molecule has 0 saturated carbocycles. The van der Waals surface area contributed by atoms with E-state index >= 15 is 0 Å². The molecule has 2 aromatic rings. The fourth-order valence-electron chi connectivity index (χ4n) is 1.50. The quantitative estimate of drug-likeness (QED) is 0.664. The molecule has 0 bridgehead atoms. The van der Waals surface area contributed by atoms with E-state index in [0.29, 0.717) is 29.7 Å². The van der Waals surface area contributed by atoms with Gasteiger partial charge >= 0.3 is 0 Å². The molecule has 0 aliphatic heterocycles. The minimum atomic E-state index is 0.472. The Labute approximate surface area is 119 Å². The molecule has 0 atom stereocenters. The van der Waals surface area contributed by atoms with Crippen molar-refractivity contribution in [3.8, 4) is 11.6 Å². The van der Waals surface area contributed by atoms with E-state index in [1.165, 1.54) is 0 Å². The molecule has 3 N–H and O–H groups in total. The highest BCUT2D eigenvalue weighted by atomic mass is 79.9. The van der Waals surface area contributed by atoms with Crippen molar-refractivity contribution in [2.24, 2.45) is 5.84 Å². The second-order valence-electron chi connectivity index (χ2n) is 3.86. The van der Waals surface area contributed by atoms with Gasteiger partial charge < -0.3 is 10.2 Å². The summed E-state index contributed by atoms with van der Waals surface area (Å²) in [4.78, 5) is 12.7. The SMILES string of the molecule is CCc1nc(NN)c(C)c(Oc2cncc(Br)c2)n1. The van der Waals surface area contributed by atoms with Crippen molar-refractivity contribution >= 4 is 21.7 Å². The van der Waals surface area contributed by atoms with Crippen LogP contribution in [-0.4, -0.2) is 15.0 Å². The molecule has 0 radical (unpaired) electrons. The molecule has 0 aromatic carbocycles. The largest absolute Gasteiger partial charge is 0.437 e. The standard InChI is InChI=1S/C12H14BrN5O/c1-3-10-16-11(18-14)7(2)12(17-10)19-9-4-8(13)5-15-6-9/h4-6H,3,14H2,1-2H3,(H,16,17,18). The van der Waals surface area contributed by atoms with Gasteiger partial charge in [-0.25, -0.2) is 10.8 Å². The average Bonchev–Trinajstić information content (AvgIpc) is 2.41. The Morgan fingerprint density at radius 1 is 1.37 bits per heavy atom. The van der Waals surface area contributed by atoms with Gasteiger partial charge in [-0.2, -0.15) is 4.98 Å². The van der Waals surface area contributed by atoms with E-state index in [2.05, 4.69) is 36.3 Å². The highest BCUT2D eigenvalue weighted by molar-refractivity contribution is 9.10. The molecular weight excluding hydrogens is 310 g/mol. The Hall–Kier alpha value is -1.73. The molecule has 0 aliphatic rings. The lowest BCUT2D eigenvalue weighted by Gasteiger charge is -2.12. The van der Waals surface area contributed by atoms with Gasteiger partial charge in [0.05, 0.1) is 11.8 Å². The number of hydrazine groups is 1. The summed E-state index contributed by atoms with van der Waals surface area (Å²) in [5.74, 6) is 7.74. The van der Waals surface area contributed by atoms with E-state index in [9.17, 15) is 0 Å². The fraction of sp³-hybridized carbons (Fsp3) is 0.250. The topological polar surface area (TPSA) is 86.0 Å². The Morgan fingerprint density at radius 3 is 2.79 bits per heavy atom. The fourth-order valence-corrected chi connectivity index (χ4v) is 1.84. The number of hydrogen-bond acceptors (Lipinski definition) is 6. The monoisotopic (exact) mass is 323 g/mol. The molecule has 0 saturated heterocycles. The van der Waals surface area contributed by atoms with Crippen LogP contribution in [0.15, 0.2) is 22.9 Å². The summed E-state index contributed by atoms with van der Waals surface area (Å²) in [6.45, 7) is 3.81. The number of pyridine rings is 1. The van der Waals surface area contributed by atoms with E-state index in [1.807, 2.05) is 19.9 Å². The maximum Gasteiger partial charge on any atom is 0.227 e. The first kappa shape index (κ1) is 13.7. The molecule has 100 valence electrons. The normalized spacial score (nSPS) is 10.3. The lowest BCUT2D eigenvalue weighted by atomic mass is 10.3. The Balaban J connectivity index is 2.38. The minimum absolute atomic E-state index is 0.472. The first-order valence-electron chi connectivity index (χ1n) is 5.76. The van der Waals surface area contributed by atoms with Crippen molar-refractivity contribution in [2.45, 2.75) is 20.3 Å². The third-order valence-corrected chi connectivity index (χ3v) is 2.93. The summed E-state index contributed by atoms with van der Waals surface area (Å²) in [6, 6.07) is 1.82. The summed E-state index contributed by atoms with van der Waals surface area (Å²) in [5.41, 5.74) is 3.30. The summed E-state index contributed by atoms with van der Waals surface area (Å²) in [5, 5.41) is 0. The smallest absolute Gasteiger partial charge is 0.227 e. The van der Waals surface area contributed by atoms with E-state index < -0.39 is 0 Å². The lowest BCUT2D eigenvalue weighted by Crippen LogP contribution is -2.13. The first-order chi connectivity index (χ1) is 9.13. The molecule has 0 fully saturated rings. The predicted octanol–water partition coefficient (Wildman–Crippen LogP) is 2.58.